The molecule has 96 valence electrons. The van der Waals surface area contributed by atoms with E-state index < -0.39 is 12.0 Å². The minimum atomic E-state index is -0.927. The molecule has 3 nitrogen and oxygen atoms in total. The fraction of sp³-hybridized carbons (Fsp3) is 0.125. The second kappa shape index (κ2) is 5.96. The van der Waals surface area contributed by atoms with Gasteiger partial charge in [0.15, 0.2) is 0 Å². The topological polar surface area (TPSA) is 49.7 Å². The van der Waals surface area contributed by atoms with Crippen molar-refractivity contribution in [3.05, 3.63) is 71.8 Å². The highest BCUT2D eigenvalue weighted by molar-refractivity contribution is 6.13. The van der Waals surface area contributed by atoms with Crippen LogP contribution < -0.4 is 0 Å². The highest BCUT2D eigenvalue weighted by Gasteiger charge is 2.13. The zero-order chi connectivity index (χ0) is 13.7. The number of carboxylic acid groups (broad SMARTS) is 1. The highest BCUT2D eigenvalue weighted by atomic mass is 16.4. The number of aliphatic carboxylic acids is 1. The van der Waals surface area contributed by atoms with Crippen LogP contribution in [0.15, 0.2) is 65.7 Å². The Hall–Kier alpha value is -2.42. The van der Waals surface area contributed by atoms with Gasteiger partial charge in [-0.1, -0.05) is 60.7 Å². The first-order chi connectivity index (χ1) is 9.18. The number of hydrogen-bond acceptors (Lipinski definition) is 2. The van der Waals surface area contributed by atoms with E-state index in [2.05, 4.69) is 4.99 Å². The summed E-state index contributed by atoms with van der Waals surface area (Å²) in [6.07, 6.45) is 0. The molecule has 2 aromatic rings. The zero-order valence-electron chi connectivity index (χ0n) is 10.7. The Bertz CT molecular complexity index is 535. The van der Waals surface area contributed by atoms with E-state index in [4.69, 9.17) is 5.11 Å². The van der Waals surface area contributed by atoms with Gasteiger partial charge in [0.05, 0.1) is 5.71 Å². The van der Waals surface area contributed by atoms with Gasteiger partial charge in [0.25, 0.3) is 0 Å². The molecule has 1 N–H and O–H groups in total. The lowest BCUT2D eigenvalue weighted by Crippen LogP contribution is -2.17. The van der Waals surface area contributed by atoms with Gasteiger partial charge in [0, 0.05) is 11.1 Å². The number of rotatable bonds is 4. The maximum atomic E-state index is 11.0. The number of nitrogens with zero attached hydrogens (tertiary/aromatic N) is 1. The van der Waals surface area contributed by atoms with E-state index in [9.17, 15) is 4.79 Å². The summed E-state index contributed by atoms with van der Waals surface area (Å²) in [5.74, 6) is -0.927. The number of aliphatic imine (C=N–C) groups is 1. The van der Waals surface area contributed by atoms with Gasteiger partial charge < -0.3 is 5.11 Å². The molecule has 0 spiro atoms. The third-order valence-corrected chi connectivity index (χ3v) is 2.77. The average molecular weight is 253 g/mol. The maximum absolute atomic E-state index is 11.0. The third-order valence-electron chi connectivity index (χ3n) is 2.77. The lowest BCUT2D eigenvalue weighted by atomic mass is 10.0. The van der Waals surface area contributed by atoms with Crippen LogP contribution in [0, 0.1) is 0 Å². The molecule has 0 fully saturated rings. The third kappa shape index (κ3) is 3.28. The van der Waals surface area contributed by atoms with Crippen LogP contribution in [-0.2, 0) is 4.79 Å². The summed E-state index contributed by atoms with van der Waals surface area (Å²) >= 11 is 0. The zero-order valence-corrected chi connectivity index (χ0v) is 10.7. The van der Waals surface area contributed by atoms with Gasteiger partial charge >= 0.3 is 5.97 Å². The molecule has 1 atom stereocenters. The lowest BCUT2D eigenvalue weighted by Gasteiger charge is -2.09. The maximum Gasteiger partial charge on any atom is 0.328 e. The van der Waals surface area contributed by atoms with Crippen LogP contribution in [0.3, 0.4) is 0 Å². The Morgan fingerprint density at radius 2 is 1.37 bits per heavy atom. The summed E-state index contributed by atoms with van der Waals surface area (Å²) in [6.45, 7) is 1.58. The number of benzene rings is 2. The van der Waals surface area contributed by atoms with Crippen molar-refractivity contribution in [2.24, 2.45) is 4.99 Å². The van der Waals surface area contributed by atoms with Gasteiger partial charge in [0.1, 0.15) is 6.04 Å². The standard InChI is InChI=1S/C16H15NO2/c1-12(16(18)19)17-15(13-8-4-2-5-9-13)14-10-6-3-7-11-14/h2-12H,1H3,(H,18,19)/t12-/m0/s1. The summed E-state index contributed by atoms with van der Waals surface area (Å²) in [5.41, 5.74) is 2.54. The molecule has 2 rings (SSSR count). The van der Waals surface area contributed by atoms with Gasteiger partial charge in [0.2, 0.25) is 0 Å². The minimum absolute atomic E-state index is 0.705. The lowest BCUT2D eigenvalue weighted by molar-refractivity contribution is -0.137. The van der Waals surface area contributed by atoms with Gasteiger partial charge in [-0.3, -0.25) is 4.99 Å². The first-order valence-corrected chi connectivity index (χ1v) is 6.10. The van der Waals surface area contributed by atoms with E-state index in [0.717, 1.165) is 11.1 Å². The first kappa shape index (κ1) is 13.0. The van der Waals surface area contributed by atoms with Crippen LogP contribution in [0.25, 0.3) is 0 Å². The van der Waals surface area contributed by atoms with Gasteiger partial charge in [-0.05, 0) is 6.92 Å². The van der Waals surface area contributed by atoms with E-state index in [0.29, 0.717) is 5.71 Å². The van der Waals surface area contributed by atoms with Crippen LogP contribution >= 0.6 is 0 Å². The fourth-order valence-electron chi connectivity index (χ4n) is 1.76. The van der Waals surface area contributed by atoms with E-state index in [-0.39, 0.29) is 0 Å². The Kier molecular flexibility index (Phi) is 4.08. The molecule has 0 saturated heterocycles. The molecule has 0 aliphatic rings. The number of carbonyl (C=O) groups is 1. The summed E-state index contributed by atoms with van der Waals surface area (Å²) < 4.78 is 0. The molecule has 3 heteroatoms. The monoisotopic (exact) mass is 253 g/mol. The number of hydrogen-bond donors (Lipinski definition) is 1. The van der Waals surface area contributed by atoms with Crippen LogP contribution in [0.2, 0.25) is 0 Å². The number of carboxylic acids is 1. The molecule has 0 aromatic heterocycles. The Balaban J connectivity index is 2.49. The van der Waals surface area contributed by atoms with Crippen molar-refractivity contribution in [2.75, 3.05) is 0 Å². The Morgan fingerprint density at radius 1 is 0.947 bits per heavy atom. The van der Waals surface area contributed by atoms with Crippen molar-refractivity contribution in [1.82, 2.24) is 0 Å². The SMILES string of the molecule is C[C@H](N=C(c1ccccc1)c1ccccc1)C(=O)O. The van der Waals surface area contributed by atoms with Crippen molar-refractivity contribution in [1.29, 1.82) is 0 Å². The molecule has 0 heterocycles. The molecule has 0 saturated carbocycles. The average Bonchev–Trinajstić information content (AvgIpc) is 2.46. The molecule has 0 aliphatic heterocycles. The molecule has 0 radical (unpaired) electrons. The predicted octanol–water partition coefficient (Wildman–Crippen LogP) is 3.00. The normalized spacial score (nSPS) is 11.6. The molecule has 0 amide bonds. The highest BCUT2D eigenvalue weighted by Crippen LogP contribution is 2.12. The van der Waals surface area contributed by atoms with Gasteiger partial charge in [-0.15, -0.1) is 0 Å². The first-order valence-electron chi connectivity index (χ1n) is 6.10. The molecule has 0 unspecified atom stereocenters. The second-order valence-electron chi connectivity index (χ2n) is 4.22. The minimum Gasteiger partial charge on any atom is -0.480 e. The summed E-state index contributed by atoms with van der Waals surface area (Å²) in [4.78, 5) is 15.3. The van der Waals surface area contributed by atoms with Gasteiger partial charge in [-0.25, -0.2) is 4.79 Å². The molecule has 0 bridgehead atoms. The van der Waals surface area contributed by atoms with Crippen molar-refractivity contribution in [3.8, 4) is 0 Å². The van der Waals surface area contributed by atoms with Crippen molar-refractivity contribution in [2.45, 2.75) is 13.0 Å². The van der Waals surface area contributed by atoms with Crippen LogP contribution in [0.4, 0.5) is 0 Å². The van der Waals surface area contributed by atoms with Crippen molar-refractivity contribution >= 4 is 11.7 Å². The quantitative estimate of drug-likeness (QED) is 0.851. The molecule has 19 heavy (non-hydrogen) atoms. The van der Waals surface area contributed by atoms with E-state index >= 15 is 0 Å². The molecule has 2 aromatic carbocycles. The second-order valence-corrected chi connectivity index (χ2v) is 4.22. The van der Waals surface area contributed by atoms with Crippen LogP contribution in [0.1, 0.15) is 18.1 Å². The van der Waals surface area contributed by atoms with E-state index in [1.807, 2.05) is 60.7 Å². The Morgan fingerprint density at radius 3 is 1.74 bits per heavy atom. The Labute approximate surface area is 112 Å². The van der Waals surface area contributed by atoms with Crippen molar-refractivity contribution < 1.29 is 9.90 Å². The molecular formula is C16H15NO2. The predicted molar refractivity (Wildman–Crippen MR) is 75.6 cm³/mol. The van der Waals surface area contributed by atoms with Crippen LogP contribution in [-0.4, -0.2) is 22.8 Å². The van der Waals surface area contributed by atoms with E-state index in [1.54, 1.807) is 6.92 Å². The van der Waals surface area contributed by atoms with E-state index in [1.165, 1.54) is 0 Å². The summed E-state index contributed by atoms with van der Waals surface area (Å²) in [7, 11) is 0. The van der Waals surface area contributed by atoms with Crippen LogP contribution in [0.5, 0.6) is 0 Å². The fourth-order valence-corrected chi connectivity index (χ4v) is 1.76. The largest absolute Gasteiger partial charge is 0.480 e. The van der Waals surface area contributed by atoms with Crippen molar-refractivity contribution in [3.63, 3.8) is 0 Å². The van der Waals surface area contributed by atoms with Gasteiger partial charge in [-0.2, -0.15) is 0 Å². The summed E-state index contributed by atoms with van der Waals surface area (Å²) in [5, 5.41) is 9.02. The smallest absolute Gasteiger partial charge is 0.328 e. The molecule has 0 aliphatic carbocycles. The molecular weight excluding hydrogens is 238 g/mol. The summed E-state index contributed by atoms with van der Waals surface area (Å²) in [6, 6.07) is 18.5.